The van der Waals surface area contributed by atoms with Crippen molar-refractivity contribution >= 4 is 33.0 Å². The van der Waals surface area contributed by atoms with Gasteiger partial charge in [-0.3, -0.25) is 4.72 Å². The molecule has 3 N–H and O–H groups in total. The fourth-order valence-electron chi connectivity index (χ4n) is 1.78. The number of benzene rings is 2. The zero-order valence-corrected chi connectivity index (χ0v) is 12.7. The second kappa shape index (κ2) is 5.34. The third-order valence-electron chi connectivity index (χ3n) is 3.13. The Morgan fingerprint density at radius 3 is 2.25 bits per heavy atom. The molecular formula is C14H15ClN2O2S. The van der Waals surface area contributed by atoms with Gasteiger partial charge in [0.25, 0.3) is 10.0 Å². The molecule has 0 saturated heterocycles. The van der Waals surface area contributed by atoms with Crippen molar-refractivity contribution < 1.29 is 8.42 Å². The summed E-state index contributed by atoms with van der Waals surface area (Å²) >= 11 is 5.76. The number of halogens is 1. The van der Waals surface area contributed by atoms with Crippen molar-refractivity contribution in [1.29, 1.82) is 0 Å². The molecule has 6 heteroatoms. The van der Waals surface area contributed by atoms with Gasteiger partial charge in [0.1, 0.15) is 0 Å². The van der Waals surface area contributed by atoms with Crippen molar-refractivity contribution in [2.45, 2.75) is 18.7 Å². The van der Waals surface area contributed by atoms with Crippen molar-refractivity contribution in [2.75, 3.05) is 10.5 Å². The fourth-order valence-corrected chi connectivity index (χ4v) is 3.06. The lowest BCUT2D eigenvalue weighted by molar-refractivity contribution is 0.601. The van der Waals surface area contributed by atoms with E-state index in [0.29, 0.717) is 16.4 Å². The predicted molar refractivity (Wildman–Crippen MR) is 82.6 cm³/mol. The largest absolute Gasteiger partial charge is 0.397 e. The molecule has 0 bridgehead atoms. The smallest absolute Gasteiger partial charge is 0.261 e. The van der Waals surface area contributed by atoms with Crippen LogP contribution in [0.1, 0.15) is 11.1 Å². The van der Waals surface area contributed by atoms with E-state index < -0.39 is 10.0 Å². The molecule has 0 fully saturated rings. The summed E-state index contributed by atoms with van der Waals surface area (Å²) in [5.41, 5.74) is 8.44. The van der Waals surface area contributed by atoms with Crippen molar-refractivity contribution in [2.24, 2.45) is 0 Å². The number of hydrogen-bond acceptors (Lipinski definition) is 3. The maximum absolute atomic E-state index is 12.3. The second-order valence-corrected chi connectivity index (χ2v) is 6.65. The summed E-state index contributed by atoms with van der Waals surface area (Å²) < 4.78 is 27.2. The summed E-state index contributed by atoms with van der Waals surface area (Å²) in [6.07, 6.45) is 0. The minimum atomic E-state index is -3.68. The molecule has 0 saturated carbocycles. The Labute approximate surface area is 123 Å². The van der Waals surface area contributed by atoms with Crippen LogP contribution < -0.4 is 10.5 Å². The molecule has 2 aromatic carbocycles. The number of aryl methyl sites for hydroxylation is 1. The summed E-state index contributed by atoms with van der Waals surface area (Å²) in [6, 6.07) is 9.50. The predicted octanol–water partition coefficient (Wildman–Crippen LogP) is 3.34. The summed E-state index contributed by atoms with van der Waals surface area (Å²) in [7, 11) is -3.68. The molecule has 2 aromatic rings. The minimum absolute atomic E-state index is 0.141. The SMILES string of the molecule is Cc1ccc(N)c(NS(=O)(=O)c2ccc(Cl)cc2)c1C. The van der Waals surface area contributed by atoms with Crippen LogP contribution in [0.25, 0.3) is 0 Å². The zero-order valence-electron chi connectivity index (χ0n) is 11.1. The molecule has 106 valence electrons. The van der Waals surface area contributed by atoms with E-state index in [9.17, 15) is 8.42 Å². The second-order valence-electron chi connectivity index (χ2n) is 4.53. The van der Waals surface area contributed by atoms with Gasteiger partial charge in [0, 0.05) is 5.02 Å². The summed E-state index contributed by atoms with van der Waals surface area (Å²) in [5, 5.41) is 0.482. The van der Waals surface area contributed by atoms with Gasteiger partial charge in [0.05, 0.1) is 16.3 Å². The number of nitrogens with two attached hydrogens (primary N) is 1. The normalized spacial score (nSPS) is 11.3. The Balaban J connectivity index is 2.43. The van der Waals surface area contributed by atoms with Gasteiger partial charge in [-0.15, -0.1) is 0 Å². The molecule has 0 atom stereocenters. The van der Waals surface area contributed by atoms with E-state index in [1.54, 1.807) is 6.07 Å². The Bertz CT molecular complexity index is 741. The number of rotatable bonds is 3. The average molecular weight is 311 g/mol. The van der Waals surface area contributed by atoms with Gasteiger partial charge < -0.3 is 5.73 Å². The number of anilines is 2. The number of hydrogen-bond donors (Lipinski definition) is 2. The van der Waals surface area contributed by atoms with Crippen LogP contribution in [0.2, 0.25) is 5.02 Å². The van der Waals surface area contributed by atoms with Gasteiger partial charge in [-0.1, -0.05) is 17.7 Å². The van der Waals surface area contributed by atoms with Gasteiger partial charge in [-0.2, -0.15) is 0 Å². The first-order valence-electron chi connectivity index (χ1n) is 5.95. The van der Waals surface area contributed by atoms with E-state index in [-0.39, 0.29) is 4.90 Å². The van der Waals surface area contributed by atoms with Crippen LogP contribution in [0.3, 0.4) is 0 Å². The maximum atomic E-state index is 12.3. The van der Waals surface area contributed by atoms with Gasteiger partial charge in [0.2, 0.25) is 0 Å². The number of nitrogen functional groups attached to an aromatic ring is 1. The highest BCUT2D eigenvalue weighted by molar-refractivity contribution is 7.92. The molecule has 0 aliphatic heterocycles. The molecule has 0 spiro atoms. The van der Waals surface area contributed by atoms with Crippen LogP contribution in [0.15, 0.2) is 41.3 Å². The monoisotopic (exact) mass is 310 g/mol. The standard InChI is InChI=1S/C14H15ClN2O2S/c1-9-3-8-13(16)14(10(9)2)17-20(18,19)12-6-4-11(15)5-7-12/h3-8,17H,16H2,1-2H3. The van der Waals surface area contributed by atoms with Crippen LogP contribution in [0.4, 0.5) is 11.4 Å². The van der Waals surface area contributed by atoms with E-state index in [1.165, 1.54) is 24.3 Å². The number of sulfonamides is 1. The number of nitrogens with one attached hydrogen (secondary N) is 1. The van der Waals surface area contributed by atoms with E-state index in [2.05, 4.69) is 4.72 Å². The molecule has 0 amide bonds. The maximum Gasteiger partial charge on any atom is 0.261 e. The Morgan fingerprint density at radius 1 is 1.05 bits per heavy atom. The van der Waals surface area contributed by atoms with Crippen LogP contribution in [-0.4, -0.2) is 8.42 Å². The molecule has 4 nitrogen and oxygen atoms in total. The third kappa shape index (κ3) is 2.89. The van der Waals surface area contributed by atoms with E-state index >= 15 is 0 Å². The average Bonchev–Trinajstić information content (AvgIpc) is 2.40. The highest BCUT2D eigenvalue weighted by atomic mass is 35.5. The van der Waals surface area contributed by atoms with Crippen LogP contribution in [-0.2, 0) is 10.0 Å². The Kier molecular flexibility index (Phi) is 3.92. The molecule has 20 heavy (non-hydrogen) atoms. The lowest BCUT2D eigenvalue weighted by atomic mass is 10.1. The fraction of sp³-hybridized carbons (Fsp3) is 0.143. The molecule has 0 heterocycles. The molecule has 2 rings (SSSR count). The molecule has 0 aliphatic rings. The molecule has 0 aliphatic carbocycles. The van der Waals surface area contributed by atoms with Crippen LogP contribution in [0, 0.1) is 13.8 Å². The van der Waals surface area contributed by atoms with Crippen molar-refractivity contribution in [3.05, 3.63) is 52.5 Å². The highest BCUT2D eigenvalue weighted by Crippen LogP contribution is 2.28. The quantitative estimate of drug-likeness (QED) is 0.854. The summed E-state index contributed by atoms with van der Waals surface area (Å²) in [5.74, 6) is 0. The van der Waals surface area contributed by atoms with E-state index in [0.717, 1.165) is 11.1 Å². The summed E-state index contributed by atoms with van der Waals surface area (Å²) in [6.45, 7) is 3.72. The molecule has 0 radical (unpaired) electrons. The highest BCUT2D eigenvalue weighted by Gasteiger charge is 2.17. The lowest BCUT2D eigenvalue weighted by Gasteiger charge is -2.14. The first-order valence-corrected chi connectivity index (χ1v) is 7.81. The molecule has 0 unspecified atom stereocenters. The Hall–Kier alpha value is -1.72. The van der Waals surface area contributed by atoms with Gasteiger partial charge in [-0.05, 0) is 55.3 Å². The van der Waals surface area contributed by atoms with Crippen molar-refractivity contribution in [3.63, 3.8) is 0 Å². The topological polar surface area (TPSA) is 72.2 Å². The van der Waals surface area contributed by atoms with Gasteiger partial charge in [-0.25, -0.2) is 8.42 Å². The lowest BCUT2D eigenvalue weighted by Crippen LogP contribution is -2.15. The van der Waals surface area contributed by atoms with Crippen LogP contribution in [0.5, 0.6) is 0 Å². The van der Waals surface area contributed by atoms with Gasteiger partial charge >= 0.3 is 0 Å². The van der Waals surface area contributed by atoms with Gasteiger partial charge in [0.15, 0.2) is 0 Å². The molecule has 0 aromatic heterocycles. The molecular weight excluding hydrogens is 296 g/mol. The van der Waals surface area contributed by atoms with Crippen molar-refractivity contribution in [3.8, 4) is 0 Å². The first-order chi connectivity index (χ1) is 9.31. The Morgan fingerprint density at radius 2 is 1.65 bits per heavy atom. The minimum Gasteiger partial charge on any atom is -0.397 e. The van der Waals surface area contributed by atoms with Crippen molar-refractivity contribution in [1.82, 2.24) is 0 Å². The third-order valence-corrected chi connectivity index (χ3v) is 4.75. The zero-order chi connectivity index (χ0) is 14.9. The first kappa shape index (κ1) is 14.7. The summed E-state index contributed by atoms with van der Waals surface area (Å²) in [4.78, 5) is 0.141. The van der Waals surface area contributed by atoms with E-state index in [4.69, 9.17) is 17.3 Å². The van der Waals surface area contributed by atoms with E-state index in [1.807, 2.05) is 19.9 Å². The van der Waals surface area contributed by atoms with Crippen LogP contribution >= 0.6 is 11.6 Å².